The van der Waals surface area contributed by atoms with Crippen molar-refractivity contribution in [3.63, 3.8) is 0 Å². The number of ether oxygens (including phenoxy) is 2. The molecule has 1 aliphatic heterocycles. The van der Waals surface area contributed by atoms with Gasteiger partial charge in [0, 0.05) is 11.0 Å². The summed E-state index contributed by atoms with van der Waals surface area (Å²) in [6.07, 6.45) is 2.74. The van der Waals surface area contributed by atoms with Gasteiger partial charge in [-0.15, -0.1) is 0 Å². The number of fused-ring (bicyclic) bond motifs is 2. The van der Waals surface area contributed by atoms with Crippen LogP contribution in [0.2, 0.25) is 0 Å². The first-order valence-corrected chi connectivity index (χ1v) is 13.3. The highest BCUT2D eigenvalue weighted by Gasteiger charge is 2.42. The molecule has 0 bridgehead atoms. The smallest absolute Gasteiger partial charge is 0.290 e. The highest BCUT2D eigenvalue weighted by molar-refractivity contribution is 9.10. The normalized spacial score (nSPS) is 15.1. The van der Waals surface area contributed by atoms with E-state index in [9.17, 15) is 9.59 Å². The van der Waals surface area contributed by atoms with Gasteiger partial charge in [-0.1, -0.05) is 35.3 Å². The predicted octanol–water partition coefficient (Wildman–Crippen LogP) is 5.63. The summed E-state index contributed by atoms with van der Waals surface area (Å²) in [4.78, 5) is 31.2. The van der Waals surface area contributed by atoms with Gasteiger partial charge in [-0.2, -0.15) is 0 Å². The Morgan fingerprint density at radius 1 is 1.03 bits per heavy atom. The number of benzene rings is 2. The maximum Gasteiger partial charge on any atom is 0.290 e. The van der Waals surface area contributed by atoms with Gasteiger partial charge in [0.25, 0.3) is 5.91 Å². The van der Waals surface area contributed by atoms with E-state index in [2.05, 4.69) is 27.8 Å². The van der Waals surface area contributed by atoms with E-state index in [0.717, 1.165) is 35.8 Å². The summed E-state index contributed by atoms with van der Waals surface area (Å²) in [5.41, 5.74) is 1.37. The Balaban J connectivity index is 1.83. The number of hydrogen-bond acceptors (Lipinski definition) is 6. The second kappa shape index (κ2) is 11.5. The molecule has 4 rings (SSSR count). The van der Waals surface area contributed by atoms with Crippen LogP contribution in [0.4, 0.5) is 0 Å². The van der Waals surface area contributed by atoms with Crippen molar-refractivity contribution in [2.45, 2.75) is 39.2 Å². The minimum absolute atomic E-state index is 0.117. The summed E-state index contributed by atoms with van der Waals surface area (Å²) in [7, 11) is 4.00. The Kier molecular flexibility index (Phi) is 8.36. The Morgan fingerprint density at radius 3 is 2.56 bits per heavy atom. The molecular formula is C28H33BrN2O5. The second-order valence-electron chi connectivity index (χ2n) is 9.21. The fourth-order valence-corrected chi connectivity index (χ4v) is 4.90. The Labute approximate surface area is 220 Å². The summed E-state index contributed by atoms with van der Waals surface area (Å²) in [5, 5.41) is 0.445. The molecule has 1 aliphatic rings. The topological polar surface area (TPSA) is 72.2 Å². The molecule has 7 nitrogen and oxygen atoms in total. The number of unbranched alkanes of at least 4 members (excludes halogenated alkanes) is 1. The molecular weight excluding hydrogens is 524 g/mol. The first kappa shape index (κ1) is 26.2. The lowest BCUT2D eigenvalue weighted by Crippen LogP contribution is -2.32. The van der Waals surface area contributed by atoms with Crippen LogP contribution < -0.4 is 14.9 Å². The van der Waals surface area contributed by atoms with E-state index in [4.69, 9.17) is 13.9 Å². The van der Waals surface area contributed by atoms with Gasteiger partial charge in [0.2, 0.25) is 5.76 Å². The Bertz CT molecular complexity index is 1300. The van der Waals surface area contributed by atoms with Crippen LogP contribution in [0.3, 0.4) is 0 Å². The number of amides is 1. The fraction of sp³-hybridized carbons (Fsp3) is 0.429. The largest absolute Gasteiger partial charge is 0.490 e. The predicted molar refractivity (Wildman–Crippen MR) is 144 cm³/mol. The molecule has 36 heavy (non-hydrogen) atoms. The molecule has 0 radical (unpaired) electrons. The molecule has 0 aliphatic carbocycles. The van der Waals surface area contributed by atoms with E-state index in [0.29, 0.717) is 47.8 Å². The third kappa shape index (κ3) is 5.30. The molecule has 0 saturated heterocycles. The van der Waals surface area contributed by atoms with Crippen LogP contribution in [0.15, 0.2) is 50.1 Å². The van der Waals surface area contributed by atoms with Crippen LogP contribution in [0.5, 0.6) is 11.5 Å². The molecule has 1 atom stereocenters. The lowest BCUT2D eigenvalue weighted by molar-refractivity contribution is 0.0722. The van der Waals surface area contributed by atoms with Gasteiger partial charge in [0.05, 0.1) is 30.2 Å². The molecule has 0 saturated carbocycles. The maximum atomic E-state index is 13.8. The monoisotopic (exact) mass is 556 g/mol. The molecule has 0 N–H and O–H groups in total. The highest BCUT2D eigenvalue weighted by atomic mass is 79.9. The zero-order valence-electron chi connectivity index (χ0n) is 21.3. The highest BCUT2D eigenvalue weighted by Crippen LogP contribution is 2.41. The number of carbonyl (C=O) groups is 1. The Hall–Kier alpha value is -2.84. The van der Waals surface area contributed by atoms with Gasteiger partial charge in [-0.3, -0.25) is 9.59 Å². The fourth-order valence-electron chi connectivity index (χ4n) is 4.54. The van der Waals surface area contributed by atoms with Crippen molar-refractivity contribution < 1.29 is 18.7 Å². The number of hydrogen-bond donors (Lipinski definition) is 0. The molecule has 0 spiro atoms. The number of carbonyl (C=O) groups excluding carboxylic acids is 1. The lowest BCUT2D eigenvalue weighted by atomic mass is 9.98. The van der Waals surface area contributed by atoms with Crippen LogP contribution >= 0.6 is 15.9 Å². The zero-order valence-corrected chi connectivity index (χ0v) is 22.9. The minimum Gasteiger partial charge on any atom is -0.490 e. The summed E-state index contributed by atoms with van der Waals surface area (Å²) in [6, 6.07) is 10.4. The number of halogens is 1. The summed E-state index contributed by atoms with van der Waals surface area (Å²) in [6.45, 7) is 6.41. The van der Waals surface area contributed by atoms with Gasteiger partial charge < -0.3 is 23.7 Å². The first-order valence-electron chi connectivity index (χ1n) is 12.5. The average Bonchev–Trinajstić information content (AvgIpc) is 3.12. The molecule has 192 valence electrons. The molecule has 1 amide bonds. The van der Waals surface area contributed by atoms with Crippen molar-refractivity contribution in [2.24, 2.45) is 0 Å². The van der Waals surface area contributed by atoms with Gasteiger partial charge in [-0.25, -0.2) is 0 Å². The SMILES string of the molecule is CCCCOc1ccc(C2c3c(oc4ccc(Br)cc4c3=O)C(=O)N2CCCN(C)C)cc1OCC. The van der Waals surface area contributed by atoms with E-state index in [1.807, 2.05) is 39.2 Å². The van der Waals surface area contributed by atoms with E-state index in [-0.39, 0.29) is 17.1 Å². The van der Waals surface area contributed by atoms with Crippen LogP contribution in [0.25, 0.3) is 11.0 Å². The van der Waals surface area contributed by atoms with Gasteiger partial charge in [0.15, 0.2) is 16.9 Å². The van der Waals surface area contributed by atoms with E-state index in [1.54, 1.807) is 23.1 Å². The second-order valence-corrected chi connectivity index (χ2v) is 10.1. The van der Waals surface area contributed by atoms with E-state index in [1.165, 1.54) is 0 Å². The summed E-state index contributed by atoms with van der Waals surface area (Å²) >= 11 is 3.45. The van der Waals surface area contributed by atoms with E-state index < -0.39 is 6.04 Å². The zero-order chi connectivity index (χ0) is 25.8. The van der Waals surface area contributed by atoms with Crippen molar-refractivity contribution in [1.82, 2.24) is 9.80 Å². The van der Waals surface area contributed by atoms with Crippen LogP contribution in [-0.4, -0.2) is 56.1 Å². The molecule has 1 unspecified atom stereocenters. The molecule has 2 heterocycles. The van der Waals surface area contributed by atoms with Crippen LogP contribution in [0.1, 0.15) is 60.8 Å². The lowest BCUT2D eigenvalue weighted by Gasteiger charge is -2.26. The Morgan fingerprint density at radius 2 is 1.83 bits per heavy atom. The van der Waals surface area contributed by atoms with Crippen molar-refractivity contribution >= 4 is 32.8 Å². The molecule has 3 aromatic rings. The van der Waals surface area contributed by atoms with Crippen molar-refractivity contribution in [2.75, 3.05) is 40.4 Å². The number of nitrogens with zero attached hydrogens (tertiary/aromatic N) is 2. The quantitative estimate of drug-likeness (QED) is 0.285. The standard InChI is InChI=1S/C28H33BrN2O5/c1-5-7-15-35-22-11-9-18(16-23(22)34-6-2)25-24-26(32)20-17-19(29)10-12-21(20)36-27(24)28(33)31(25)14-8-13-30(3)4/h9-12,16-17,25H,5-8,13-15H2,1-4H3. The third-order valence-corrected chi connectivity index (χ3v) is 6.76. The van der Waals surface area contributed by atoms with Crippen LogP contribution in [-0.2, 0) is 0 Å². The summed E-state index contributed by atoms with van der Waals surface area (Å²) in [5.74, 6) is 1.11. The van der Waals surface area contributed by atoms with E-state index >= 15 is 0 Å². The van der Waals surface area contributed by atoms with Gasteiger partial charge in [-0.05, 0) is 76.3 Å². The van der Waals surface area contributed by atoms with Crippen molar-refractivity contribution in [3.05, 3.63) is 68.0 Å². The molecule has 0 fully saturated rings. The van der Waals surface area contributed by atoms with Crippen molar-refractivity contribution in [1.29, 1.82) is 0 Å². The third-order valence-electron chi connectivity index (χ3n) is 6.27. The number of rotatable bonds is 11. The van der Waals surface area contributed by atoms with Gasteiger partial charge >= 0.3 is 0 Å². The van der Waals surface area contributed by atoms with Gasteiger partial charge in [0.1, 0.15) is 5.58 Å². The van der Waals surface area contributed by atoms with Crippen LogP contribution in [0, 0.1) is 0 Å². The minimum atomic E-state index is -0.571. The van der Waals surface area contributed by atoms with Crippen molar-refractivity contribution in [3.8, 4) is 11.5 Å². The molecule has 2 aromatic carbocycles. The molecule has 1 aromatic heterocycles. The first-order chi connectivity index (χ1) is 17.3. The maximum absolute atomic E-state index is 13.8. The summed E-state index contributed by atoms with van der Waals surface area (Å²) < 4.78 is 18.7. The molecule has 8 heteroatoms. The average molecular weight is 557 g/mol.